The summed E-state index contributed by atoms with van der Waals surface area (Å²) in [6, 6.07) is -0.360. The van der Waals surface area contributed by atoms with Crippen LogP contribution in [0.15, 0.2) is 4.99 Å². The summed E-state index contributed by atoms with van der Waals surface area (Å²) in [6.07, 6.45) is -2.11. The van der Waals surface area contributed by atoms with Crippen LogP contribution in [-0.4, -0.2) is 79.0 Å². The number of quaternary nitrogens is 2. The zero-order chi connectivity index (χ0) is 13.8. The van der Waals surface area contributed by atoms with Crippen LogP contribution in [0.3, 0.4) is 0 Å². The van der Waals surface area contributed by atoms with Gasteiger partial charge in [-0.15, -0.1) is 0 Å². The second-order valence-electron chi connectivity index (χ2n) is 4.69. The van der Waals surface area contributed by atoms with Crippen molar-refractivity contribution in [3.8, 4) is 0 Å². The van der Waals surface area contributed by atoms with Crippen molar-refractivity contribution in [2.45, 2.75) is 29.8 Å². The van der Waals surface area contributed by atoms with Gasteiger partial charge in [-0.2, -0.15) is 0 Å². The molecule has 5 atom stereocenters. The van der Waals surface area contributed by atoms with Crippen LogP contribution in [0, 0.1) is 0 Å². The average molecular weight is 293 g/mol. The smallest absolute Gasteiger partial charge is 0.258 e. The quantitative estimate of drug-likeness (QED) is 0.391. The van der Waals surface area contributed by atoms with Gasteiger partial charge in [0, 0.05) is 7.11 Å². The van der Waals surface area contributed by atoms with Gasteiger partial charge in [0.2, 0.25) is 0 Å². The topological polar surface area (TPSA) is 105 Å². The number of rotatable bonds is 5. The van der Waals surface area contributed by atoms with Crippen molar-refractivity contribution in [3.63, 3.8) is 0 Å². The van der Waals surface area contributed by atoms with Crippen molar-refractivity contribution >= 4 is 16.9 Å². The molecule has 110 valence electrons. The van der Waals surface area contributed by atoms with Crippen LogP contribution >= 0.6 is 11.8 Å². The van der Waals surface area contributed by atoms with Gasteiger partial charge in [-0.1, -0.05) is 0 Å². The zero-order valence-corrected chi connectivity index (χ0v) is 12.0. The van der Waals surface area contributed by atoms with E-state index in [9.17, 15) is 10.2 Å². The summed E-state index contributed by atoms with van der Waals surface area (Å²) < 4.78 is 10.8. The maximum atomic E-state index is 10.1. The van der Waals surface area contributed by atoms with Crippen LogP contribution in [0.5, 0.6) is 0 Å². The number of amidine groups is 1. The minimum absolute atomic E-state index is 0.189. The van der Waals surface area contributed by atoms with E-state index in [4.69, 9.17) is 9.47 Å². The van der Waals surface area contributed by atoms with Gasteiger partial charge in [-0.05, 0) is 11.8 Å². The lowest BCUT2D eigenvalue weighted by Crippen LogP contribution is -2.88. The predicted octanol–water partition coefficient (Wildman–Crippen LogP) is -3.69. The standard InChI is InChI=1S/C11H21N3O4S/c1-12-11-14-7-9(16)8(15)6(18-10(7)19-11)5-13-3-4-17-2/h6-10,13,15-16H,3-5H2,1-2H3,(H,12,14)/p+2/t6-,7-,8-,9-,10-/m1/s1. The molecule has 1 fully saturated rings. The van der Waals surface area contributed by atoms with E-state index in [2.05, 4.69) is 4.99 Å². The molecule has 0 aromatic rings. The van der Waals surface area contributed by atoms with E-state index in [1.165, 1.54) is 11.8 Å². The Hall–Kier alpha value is -0.220. The molecule has 0 bridgehead atoms. The van der Waals surface area contributed by atoms with Gasteiger partial charge in [-0.25, -0.2) is 4.99 Å². The number of nitrogens with zero attached hydrogens (tertiary/aromatic N) is 1. The molecule has 0 radical (unpaired) electrons. The first kappa shape index (κ1) is 15.2. The van der Waals surface area contributed by atoms with E-state index >= 15 is 0 Å². The Morgan fingerprint density at radius 3 is 2.89 bits per heavy atom. The fourth-order valence-corrected chi connectivity index (χ4v) is 3.38. The largest absolute Gasteiger partial charge is 0.388 e. The summed E-state index contributed by atoms with van der Waals surface area (Å²) in [6.45, 7) is 2.08. The molecule has 2 aliphatic heterocycles. The third-order valence-electron chi connectivity index (χ3n) is 3.35. The summed E-state index contributed by atoms with van der Waals surface area (Å²) in [5.74, 6) is 0. The number of methoxy groups -OCH3 is 1. The number of nitrogens with two attached hydrogens (primary N) is 2. The monoisotopic (exact) mass is 293 g/mol. The second kappa shape index (κ2) is 6.98. The molecule has 7 nitrogen and oxygen atoms in total. The minimum atomic E-state index is -0.888. The highest BCUT2D eigenvalue weighted by atomic mass is 32.2. The second-order valence-corrected chi connectivity index (χ2v) is 5.81. The molecule has 0 unspecified atom stereocenters. The highest BCUT2D eigenvalue weighted by Gasteiger charge is 2.49. The predicted molar refractivity (Wildman–Crippen MR) is 70.9 cm³/mol. The molecule has 19 heavy (non-hydrogen) atoms. The third-order valence-corrected chi connectivity index (χ3v) is 4.56. The minimum Gasteiger partial charge on any atom is -0.388 e. The van der Waals surface area contributed by atoms with Gasteiger partial charge in [0.05, 0.1) is 20.2 Å². The number of hydrogen-bond donors (Lipinski definition) is 4. The molecule has 0 amide bonds. The third kappa shape index (κ3) is 3.46. The van der Waals surface area contributed by atoms with E-state index in [-0.39, 0.29) is 17.6 Å². The molecular formula is C11H23N3O4S+2. The molecule has 0 spiro atoms. The molecule has 6 N–H and O–H groups in total. The molecule has 0 aromatic carbocycles. The number of ether oxygens (including phenoxy) is 2. The number of hydrogen-bond acceptors (Lipinski definition) is 6. The Bertz CT molecular complexity index is 331. The lowest BCUT2D eigenvalue weighted by Gasteiger charge is -2.37. The Kier molecular flexibility index (Phi) is 5.58. The van der Waals surface area contributed by atoms with Crippen LogP contribution in [0.1, 0.15) is 0 Å². The van der Waals surface area contributed by atoms with E-state index in [1.54, 1.807) is 7.11 Å². The van der Waals surface area contributed by atoms with Crippen molar-refractivity contribution < 1.29 is 30.3 Å². The first-order valence-corrected chi connectivity index (χ1v) is 7.41. The Labute approximate surface area is 116 Å². The van der Waals surface area contributed by atoms with Crippen LogP contribution in [0.4, 0.5) is 0 Å². The van der Waals surface area contributed by atoms with Crippen molar-refractivity contribution in [1.82, 2.24) is 0 Å². The number of aliphatic imine (C=N–C) groups is 1. The first-order valence-electron chi connectivity index (χ1n) is 6.53. The van der Waals surface area contributed by atoms with Gasteiger partial charge in [0.15, 0.2) is 0 Å². The van der Waals surface area contributed by atoms with Gasteiger partial charge in [0.1, 0.15) is 36.3 Å². The van der Waals surface area contributed by atoms with Gasteiger partial charge in [0.25, 0.3) is 5.17 Å². The average Bonchev–Trinajstić information content (AvgIpc) is 2.83. The molecule has 0 saturated carbocycles. The van der Waals surface area contributed by atoms with Crippen LogP contribution in [0.2, 0.25) is 0 Å². The summed E-state index contributed by atoms with van der Waals surface area (Å²) in [7, 11) is 3.56. The fourth-order valence-electron chi connectivity index (χ4n) is 2.27. The van der Waals surface area contributed by atoms with Crippen molar-refractivity contribution in [2.75, 3.05) is 33.9 Å². The van der Waals surface area contributed by atoms with Crippen LogP contribution < -0.4 is 10.6 Å². The summed E-state index contributed by atoms with van der Waals surface area (Å²) in [5.41, 5.74) is -0.189. The first-order chi connectivity index (χ1) is 9.17. The van der Waals surface area contributed by atoms with Gasteiger partial charge >= 0.3 is 0 Å². The van der Waals surface area contributed by atoms with Crippen molar-refractivity contribution in [2.24, 2.45) is 4.99 Å². The highest BCUT2D eigenvalue weighted by molar-refractivity contribution is 8.14. The maximum absolute atomic E-state index is 10.1. The molecule has 2 heterocycles. The van der Waals surface area contributed by atoms with E-state index in [0.717, 1.165) is 11.7 Å². The number of fused-ring (bicyclic) bond motifs is 1. The summed E-state index contributed by atoms with van der Waals surface area (Å²) in [4.78, 5) is 4.36. The molecule has 0 aromatic heterocycles. The Morgan fingerprint density at radius 1 is 1.42 bits per heavy atom. The van der Waals surface area contributed by atoms with Crippen LogP contribution in [0.25, 0.3) is 0 Å². The maximum Gasteiger partial charge on any atom is 0.258 e. The van der Waals surface area contributed by atoms with Gasteiger partial charge < -0.3 is 25.0 Å². The lowest BCUT2D eigenvalue weighted by atomic mass is 9.98. The van der Waals surface area contributed by atoms with Crippen molar-refractivity contribution in [1.29, 1.82) is 0 Å². The summed E-state index contributed by atoms with van der Waals surface area (Å²) >= 11 is 1.51. The SMILES string of the molecule is C[NH2+]C1=N[C@@H]2[C@@H](O)[C@H](O)[C@@H](C[NH2+]CCOC)O[C@@H]2S1. The highest BCUT2D eigenvalue weighted by Crippen LogP contribution is 2.34. The van der Waals surface area contributed by atoms with Gasteiger partial charge in [-0.3, -0.25) is 5.32 Å². The fraction of sp³-hybridized carbons (Fsp3) is 0.909. The van der Waals surface area contributed by atoms with E-state index in [0.29, 0.717) is 13.2 Å². The lowest BCUT2D eigenvalue weighted by molar-refractivity contribution is -0.664. The normalized spacial score (nSPS) is 38.1. The number of aliphatic hydroxyl groups excluding tert-OH is 2. The number of thioether (sulfide) groups is 1. The molecule has 1 saturated heterocycles. The molecule has 8 heteroatoms. The van der Waals surface area contributed by atoms with Crippen molar-refractivity contribution in [3.05, 3.63) is 0 Å². The zero-order valence-electron chi connectivity index (χ0n) is 11.2. The molecular weight excluding hydrogens is 270 g/mol. The van der Waals surface area contributed by atoms with E-state index in [1.807, 2.05) is 17.7 Å². The number of aliphatic hydroxyl groups is 2. The summed E-state index contributed by atoms with van der Waals surface area (Å²) in [5, 5.41) is 25.0. The molecule has 2 rings (SSSR count). The van der Waals surface area contributed by atoms with E-state index < -0.39 is 12.2 Å². The molecule has 0 aliphatic carbocycles. The molecule has 2 aliphatic rings. The van der Waals surface area contributed by atoms with Crippen LogP contribution in [-0.2, 0) is 9.47 Å². The Morgan fingerprint density at radius 2 is 2.21 bits per heavy atom. The Balaban J connectivity index is 1.88.